The molecule has 0 saturated carbocycles. The lowest BCUT2D eigenvalue weighted by Crippen LogP contribution is -2.53. The monoisotopic (exact) mass is 461 g/mol. The van der Waals surface area contributed by atoms with E-state index in [4.69, 9.17) is 4.53 Å². The summed E-state index contributed by atoms with van der Waals surface area (Å²) in [5, 5.41) is 2.61. The highest BCUT2D eigenvalue weighted by Crippen LogP contribution is 2.30. The van der Waals surface area contributed by atoms with Crippen LogP contribution in [0.2, 0.25) is 19.6 Å². The first-order valence-corrected chi connectivity index (χ1v) is 14.8. The molecule has 1 aliphatic rings. The van der Waals surface area contributed by atoms with E-state index in [9.17, 15) is 18.0 Å². The van der Waals surface area contributed by atoms with Gasteiger partial charge in [0.1, 0.15) is 6.04 Å². The van der Waals surface area contributed by atoms with Gasteiger partial charge in [0.05, 0.1) is 4.90 Å². The molecule has 0 fully saturated rings. The van der Waals surface area contributed by atoms with E-state index in [0.29, 0.717) is 5.69 Å². The second-order valence-corrected chi connectivity index (χ2v) is 14.7. The van der Waals surface area contributed by atoms with Gasteiger partial charge in [-0.3, -0.25) is 9.59 Å². The van der Waals surface area contributed by atoms with E-state index >= 15 is 0 Å². The molecular weight excluding hydrogens is 434 g/mol. The molecule has 166 valence electrons. The van der Waals surface area contributed by atoms with Crippen molar-refractivity contribution in [1.82, 2.24) is 9.79 Å². The number of sulfonamides is 1. The van der Waals surface area contributed by atoms with Gasteiger partial charge in [-0.15, -0.1) is 0 Å². The van der Waals surface area contributed by atoms with Crippen molar-refractivity contribution < 1.29 is 22.5 Å². The maximum atomic E-state index is 13.5. The fraction of sp³-hybridized carbons (Fsp3) is 0.333. The van der Waals surface area contributed by atoms with E-state index in [1.54, 1.807) is 0 Å². The molecule has 2 amide bonds. The highest BCUT2D eigenvalue weighted by Gasteiger charge is 2.40. The summed E-state index contributed by atoms with van der Waals surface area (Å²) in [6.07, 6.45) is 0.250. The smallest absolute Gasteiger partial charge is 0.261 e. The number of hydrogen-bond donors (Lipinski definition) is 2. The summed E-state index contributed by atoms with van der Waals surface area (Å²) in [6, 6.07) is 12.4. The molecule has 31 heavy (non-hydrogen) atoms. The zero-order chi connectivity index (χ0) is 22.8. The van der Waals surface area contributed by atoms with Crippen LogP contribution in [0.15, 0.2) is 53.4 Å². The van der Waals surface area contributed by atoms with Gasteiger partial charge in [0.15, 0.2) is 0 Å². The third-order valence-corrected chi connectivity index (χ3v) is 7.33. The maximum Gasteiger partial charge on any atom is 0.261 e. The molecule has 10 heteroatoms. The first-order chi connectivity index (χ1) is 14.5. The number of hydroxylamine groups is 1. The van der Waals surface area contributed by atoms with Crippen molar-refractivity contribution in [2.75, 3.05) is 5.32 Å². The van der Waals surface area contributed by atoms with E-state index in [0.717, 1.165) is 11.1 Å². The van der Waals surface area contributed by atoms with Crippen molar-refractivity contribution in [3.63, 3.8) is 0 Å². The van der Waals surface area contributed by atoms with Gasteiger partial charge in [-0.1, -0.05) is 24.3 Å². The van der Waals surface area contributed by atoms with E-state index < -0.39 is 30.3 Å². The average molecular weight is 462 g/mol. The number of nitrogens with zero attached hydrogens (tertiary/aromatic N) is 1. The van der Waals surface area contributed by atoms with Crippen molar-refractivity contribution in [3.05, 3.63) is 59.7 Å². The molecule has 1 heterocycles. The fourth-order valence-electron chi connectivity index (χ4n) is 3.30. The lowest BCUT2D eigenvalue weighted by Gasteiger charge is -2.35. The zero-order valence-corrected chi connectivity index (χ0v) is 19.8. The molecule has 3 rings (SSSR count). The standard InChI is InChI=1S/C21H27N3O5SSi/c1-15(25)22-18-9-11-19(12-10-18)30(27,28)24-14-17-8-6-5-7-16(17)13-20(24)21(26)23-29-31(2,3)4/h5-12,20H,13-14H2,1-4H3,(H,22,25)(H,23,26)/t20-/m1/s1. The molecule has 0 unspecified atom stereocenters. The zero-order valence-electron chi connectivity index (χ0n) is 18.0. The maximum absolute atomic E-state index is 13.5. The number of benzene rings is 2. The second kappa shape index (κ2) is 8.91. The third-order valence-electron chi connectivity index (χ3n) is 4.75. The van der Waals surface area contributed by atoms with Crippen molar-refractivity contribution in [1.29, 1.82) is 0 Å². The molecule has 0 saturated heterocycles. The summed E-state index contributed by atoms with van der Waals surface area (Å²) in [6.45, 7) is 7.23. The molecular formula is C21H27N3O5SSi. The normalized spacial score (nSPS) is 17.0. The summed E-state index contributed by atoms with van der Waals surface area (Å²) < 4.78 is 33.7. The second-order valence-electron chi connectivity index (χ2n) is 8.43. The molecule has 0 bridgehead atoms. The van der Waals surface area contributed by atoms with Gasteiger partial charge in [-0.2, -0.15) is 4.31 Å². The van der Waals surface area contributed by atoms with Crippen molar-refractivity contribution in [2.24, 2.45) is 0 Å². The van der Waals surface area contributed by atoms with Crippen LogP contribution in [-0.4, -0.2) is 38.9 Å². The molecule has 2 aromatic rings. The molecule has 0 aliphatic carbocycles. The summed E-state index contributed by atoms with van der Waals surface area (Å²) in [5.41, 5.74) is 4.76. The van der Waals surface area contributed by atoms with Crippen LogP contribution >= 0.6 is 0 Å². The van der Waals surface area contributed by atoms with Crippen LogP contribution in [0.5, 0.6) is 0 Å². The van der Waals surface area contributed by atoms with Crippen molar-refractivity contribution >= 4 is 35.8 Å². The van der Waals surface area contributed by atoms with Gasteiger partial charge in [0.25, 0.3) is 5.91 Å². The van der Waals surface area contributed by atoms with Crippen LogP contribution in [0.25, 0.3) is 0 Å². The Morgan fingerprint density at radius 1 is 1.03 bits per heavy atom. The Morgan fingerprint density at radius 3 is 2.23 bits per heavy atom. The molecule has 0 spiro atoms. The Balaban J connectivity index is 1.94. The first kappa shape index (κ1) is 23.1. The Bertz CT molecular complexity index is 1080. The van der Waals surface area contributed by atoms with Gasteiger partial charge in [-0.25, -0.2) is 13.9 Å². The molecule has 1 aliphatic heterocycles. The molecule has 0 aromatic heterocycles. The lowest BCUT2D eigenvalue weighted by atomic mass is 9.95. The highest BCUT2D eigenvalue weighted by atomic mass is 32.2. The molecule has 8 nitrogen and oxygen atoms in total. The van der Waals surface area contributed by atoms with E-state index in [1.807, 2.05) is 43.9 Å². The fourth-order valence-corrected chi connectivity index (χ4v) is 5.27. The minimum Gasteiger partial charge on any atom is -0.326 e. The van der Waals surface area contributed by atoms with E-state index in [1.165, 1.54) is 35.5 Å². The molecule has 1 atom stereocenters. The summed E-state index contributed by atoms with van der Waals surface area (Å²) in [7, 11) is -6.02. The van der Waals surface area contributed by atoms with Crippen LogP contribution in [0.1, 0.15) is 18.1 Å². The topological polar surface area (TPSA) is 105 Å². The minimum absolute atomic E-state index is 0.0462. The van der Waals surface area contributed by atoms with Gasteiger partial charge >= 0.3 is 0 Å². The number of fused-ring (bicyclic) bond motifs is 1. The van der Waals surface area contributed by atoms with Gasteiger partial charge in [0.2, 0.25) is 24.2 Å². The Labute approximate surface area is 183 Å². The number of nitrogens with one attached hydrogen (secondary N) is 2. The number of anilines is 1. The summed E-state index contributed by atoms with van der Waals surface area (Å²) in [5.74, 6) is -0.738. The third kappa shape index (κ3) is 5.59. The van der Waals surface area contributed by atoms with Gasteiger partial charge in [-0.05, 0) is 61.5 Å². The van der Waals surface area contributed by atoms with Crippen molar-refractivity contribution in [3.8, 4) is 0 Å². The summed E-state index contributed by atoms with van der Waals surface area (Å²) in [4.78, 5) is 24.2. The van der Waals surface area contributed by atoms with E-state index in [-0.39, 0.29) is 23.8 Å². The van der Waals surface area contributed by atoms with Crippen LogP contribution in [0.4, 0.5) is 5.69 Å². The van der Waals surface area contributed by atoms with Gasteiger partial charge in [0, 0.05) is 19.2 Å². The number of carbonyl (C=O) groups excluding carboxylic acids is 2. The molecule has 0 radical (unpaired) electrons. The van der Waals surface area contributed by atoms with Crippen LogP contribution in [0.3, 0.4) is 0 Å². The Hall–Kier alpha value is -2.53. The van der Waals surface area contributed by atoms with Gasteiger partial charge < -0.3 is 9.84 Å². The summed E-state index contributed by atoms with van der Waals surface area (Å²) >= 11 is 0. The van der Waals surface area contributed by atoms with Crippen LogP contribution in [0, 0.1) is 0 Å². The van der Waals surface area contributed by atoms with Crippen LogP contribution < -0.4 is 10.8 Å². The first-order valence-electron chi connectivity index (χ1n) is 9.91. The predicted octanol–water partition coefficient (Wildman–Crippen LogP) is 2.64. The highest BCUT2D eigenvalue weighted by molar-refractivity contribution is 7.89. The van der Waals surface area contributed by atoms with Crippen LogP contribution in [-0.2, 0) is 37.1 Å². The Morgan fingerprint density at radius 2 is 1.65 bits per heavy atom. The number of rotatable bonds is 6. The molecule has 2 N–H and O–H groups in total. The largest absolute Gasteiger partial charge is 0.326 e. The molecule has 2 aromatic carbocycles. The minimum atomic E-state index is -3.98. The van der Waals surface area contributed by atoms with Crippen molar-refractivity contribution in [2.45, 2.75) is 50.5 Å². The lowest BCUT2D eigenvalue weighted by molar-refractivity contribution is -0.132. The van der Waals surface area contributed by atoms with E-state index in [2.05, 4.69) is 10.8 Å². The quantitative estimate of drug-likeness (QED) is 0.508. The Kier molecular flexibility index (Phi) is 6.65. The average Bonchev–Trinajstić information content (AvgIpc) is 2.70. The number of amides is 2. The predicted molar refractivity (Wildman–Crippen MR) is 120 cm³/mol. The number of carbonyl (C=O) groups is 2. The SMILES string of the molecule is CC(=O)Nc1ccc(S(=O)(=O)N2Cc3ccccc3C[C@@H]2C(=O)NO[Si](C)(C)C)cc1. The number of hydrogen-bond acceptors (Lipinski definition) is 5.